The summed E-state index contributed by atoms with van der Waals surface area (Å²) in [6, 6.07) is -0.910. The monoisotopic (exact) mass is 218 g/mol. The van der Waals surface area contributed by atoms with E-state index in [1.54, 1.807) is 6.08 Å². The fraction of sp³-hybridized carbons (Fsp3) is 0.500. The van der Waals surface area contributed by atoms with Gasteiger partial charge in [0.2, 0.25) is 5.91 Å². The maximum Gasteiger partial charge on any atom is 0.321 e. The van der Waals surface area contributed by atoms with Crippen molar-refractivity contribution in [2.45, 2.75) is 6.04 Å². The molecule has 0 fully saturated rings. The summed E-state index contributed by atoms with van der Waals surface area (Å²) in [7, 11) is 0. The van der Waals surface area contributed by atoms with E-state index in [0.717, 1.165) is 0 Å². The van der Waals surface area contributed by atoms with Gasteiger partial charge in [0.15, 0.2) is 0 Å². The lowest BCUT2D eigenvalue weighted by Crippen LogP contribution is -2.33. The second-order valence-corrected chi connectivity index (χ2v) is 3.58. The Morgan fingerprint density at radius 3 is 2.79 bits per heavy atom. The third-order valence-electron chi connectivity index (χ3n) is 1.29. The van der Waals surface area contributed by atoms with Crippen LogP contribution in [0.1, 0.15) is 0 Å². The van der Waals surface area contributed by atoms with Crippen LogP contribution in [0.25, 0.3) is 0 Å². The van der Waals surface area contributed by atoms with Crippen molar-refractivity contribution in [3.05, 3.63) is 12.7 Å². The Kier molecular flexibility index (Phi) is 6.87. The van der Waals surface area contributed by atoms with Crippen LogP contribution >= 0.6 is 11.8 Å². The van der Waals surface area contributed by atoms with Crippen molar-refractivity contribution in [2.24, 2.45) is 5.73 Å². The predicted molar refractivity (Wildman–Crippen MR) is 56.1 cm³/mol. The highest BCUT2D eigenvalue weighted by Crippen LogP contribution is 2.01. The Morgan fingerprint density at radius 1 is 1.64 bits per heavy atom. The summed E-state index contributed by atoms with van der Waals surface area (Å²) < 4.78 is 0. The number of hydrogen-bond donors (Lipinski definition) is 3. The highest BCUT2D eigenvalue weighted by Gasteiger charge is 2.11. The van der Waals surface area contributed by atoms with E-state index in [1.807, 2.05) is 0 Å². The van der Waals surface area contributed by atoms with E-state index in [2.05, 4.69) is 11.9 Å². The lowest BCUT2D eigenvalue weighted by molar-refractivity contribution is -0.137. The first-order valence-electron chi connectivity index (χ1n) is 4.01. The Labute approximate surface area is 86.7 Å². The van der Waals surface area contributed by atoms with Crippen molar-refractivity contribution in [2.75, 3.05) is 18.1 Å². The van der Waals surface area contributed by atoms with E-state index < -0.39 is 12.0 Å². The normalized spacial score (nSPS) is 11.8. The Balaban J connectivity index is 3.48. The summed E-state index contributed by atoms with van der Waals surface area (Å²) in [6.07, 6.45) is 1.57. The molecule has 0 aromatic rings. The van der Waals surface area contributed by atoms with Crippen LogP contribution in [0.15, 0.2) is 12.7 Å². The van der Waals surface area contributed by atoms with E-state index in [-0.39, 0.29) is 17.4 Å². The zero-order chi connectivity index (χ0) is 11.0. The van der Waals surface area contributed by atoms with Crippen LogP contribution in [0.4, 0.5) is 0 Å². The lowest BCUT2D eigenvalue weighted by Gasteiger charge is -2.05. The van der Waals surface area contributed by atoms with E-state index >= 15 is 0 Å². The van der Waals surface area contributed by atoms with Gasteiger partial charge in [-0.3, -0.25) is 9.59 Å². The molecule has 0 spiro atoms. The Hall–Kier alpha value is -1.01. The number of aliphatic carboxylic acids is 1. The molecule has 0 aliphatic heterocycles. The molecule has 0 aliphatic carbocycles. The van der Waals surface area contributed by atoms with E-state index in [0.29, 0.717) is 6.54 Å². The first-order chi connectivity index (χ1) is 6.57. The molecule has 1 unspecified atom stereocenters. The van der Waals surface area contributed by atoms with Crippen molar-refractivity contribution < 1.29 is 14.7 Å². The molecule has 80 valence electrons. The van der Waals surface area contributed by atoms with E-state index in [4.69, 9.17) is 10.8 Å². The van der Waals surface area contributed by atoms with Gasteiger partial charge in [-0.1, -0.05) is 6.08 Å². The quantitative estimate of drug-likeness (QED) is 0.498. The number of carbonyl (C=O) groups excluding carboxylic acids is 1. The minimum atomic E-state index is -1.05. The van der Waals surface area contributed by atoms with E-state index in [1.165, 1.54) is 11.8 Å². The summed E-state index contributed by atoms with van der Waals surface area (Å²) >= 11 is 1.20. The molecule has 14 heavy (non-hydrogen) atoms. The number of rotatable bonds is 7. The first-order valence-corrected chi connectivity index (χ1v) is 5.17. The minimum Gasteiger partial charge on any atom is -0.480 e. The molecule has 4 N–H and O–H groups in total. The Morgan fingerprint density at radius 2 is 2.29 bits per heavy atom. The minimum absolute atomic E-state index is 0.146. The Bertz CT molecular complexity index is 221. The SMILES string of the molecule is C=CCNC(=O)CSCC(N)C(=O)O. The van der Waals surface area contributed by atoms with Crippen LogP contribution in [-0.4, -0.2) is 41.1 Å². The predicted octanol–water partition coefficient (Wildman–Crippen LogP) is -0.566. The van der Waals surface area contributed by atoms with Crippen LogP contribution in [-0.2, 0) is 9.59 Å². The molecule has 0 saturated heterocycles. The zero-order valence-electron chi connectivity index (χ0n) is 7.73. The highest BCUT2D eigenvalue weighted by atomic mass is 32.2. The number of carboxylic acids is 1. The molecule has 0 aromatic carbocycles. The number of hydrogen-bond acceptors (Lipinski definition) is 4. The van der Waals surface area contributed by atoms with Gasteiger partial charge in [0, 0.05) is 12.3 Å². The first kappa shape index (κ1) is 13.0. The molecule has 1 atom stereocenters. The maximum atomic E-state index is 11.0. The third-order valence-corrected chi connectivity index (χ3v) is 2.35. The van der Waals surface area contributed by atoms with Crippen molar-refractivity contribution in [1.29, 1.82) is 0 Å². The van der Waals surface area contributed by atoms with Crippen LogP contribution in [0.2, 0.25) is 0 Å². The molecule has 6 heteroatoms. The van der Waals surface area contributed by atoms with Gasteiger partial charge < -0.3 is 16.2 Å². The van der Waals surface area contributed by atoms with Crippen LogP contribution in [0.5, 0.6) is 0 Å². The van der Waals surface area contributed by atoms with Crippen molar-refractivity contribution in [3.63, 3.8) is 0 Å². The molecule has 5 nitrogen and oxygen atoms in total. The number of thioether (sulfide) groups is 1. The molecular formula is C8H14N2O3S. The summed E-state index contributed by atoms with van der Waals surface area (Å²) in [5, 5.41) is 11.0. The van der Waals surface area contributed by atoms with Gasteiger partial charge in [0.25, 0.3) is 0 Å². The van der Waals surface area contributed by atoms with Gasteiger partial charge in [-0.05, 0) is 0 Å². The van der Waals surface area contributed by atoms with Crippen molar-refractivity contribution in [3.8, 4) is 0 Å². The van der Waals surface area contributed by atoms with Gasteiger partial charge in [-0.25, -0.2) is 0 Å². The fourth-order valence-electron chi connectivity index (χ4n) is 0.587. The summed E-state index contributed by atoms with van der Waals surface area (Å²) in [5.74, 6) is -0.748. The molecule has 0 rings (SSSR count). The van der Waals surface area contributed by atoms with Gasteiger partial charge >= 0.3 is 5.97 Å². The molecule has 0 aromatic heterocycles. The number of carbonyl (C=O) groups is 2. The summed E-state index contributed by atoms with van der Waals surface area (Å²) in [5.41, 5.74) is 5.23. The summed E-state index contributed by atoms with van der Waals surface area (Å²) in [6.45, 7) is 3.87. The number of carboxylic acid groups (broad SMARTS) is 1. The topological polar surface area (TPSA) is 92.4 Å². The fourth-order valence-corrected chi connectivity index (χ4v) is 1.39. The smallest absolute Gasteiger partial charge is 0.321 e. The van der Waals surface area contributed by atoms with Crippen molar-refractivity contribution in [1.82, 2.24) is 5.32 Å². The van der Waals surface area contributed by atoms with Gasteiger partial charge in [0.05, 0.1) is 5.75 Å². The molecule has 0 aliphatic rings. The molecule has 1 amide bonds. The lowest BCUT2D eigenvalue weighted by atomic mass is 10.4. The second-order valence-electron chi connectivity index (χ2n) is 2.55. The van der Waals surface area contributed by atoms with Crippen LogP contribution in [0, 0.1) is 0 Å². The average Bonchev–Trinajstić information content (AvgIpc) is 2.14. The van der Waals surface area contributed by atoms with E-state index in [9.17, 15) is 9.59 Å². The average molecular weight is 218 g/mol. The van der Waals surface area contributed by atoms with Gasteiger partial charge in [0.1, 0.15) is 6.04 Å². The number of nitrogens with one attached hydrogen (secondary N) is 1. The van der Waals surface area contributed by atoms with Gasteiger partial charge in [-0.15, -0.1) is 18.3 Å². The molecule has 0 heterocycles. The standard InChI is InChI=1S/C8H14N2O3S/c1-2-3-10-7(11)5-14-4-6(9)8(12)13/h2,6H,1,3-5,9H2,(H,10,11)(H,12,13). The largest absolute Gasteiger partial charge is 0.480 e. The highest BCUT2D eigenvalue weighted by molar-refractivity contribution is 8.00. The van der Waals surface area contributed by atoms with Crippen LogP contribution < -0.4 is 11.1 Å². The van der Waals surface area contributed by atoms with Gasteiger partial charge in [-0.2, -0.15) is 0 Å². The number of amides is 1. The number of nitrogens with two attached hydrogens (primary N) is 1. The maximum absolute atomic E-state index is 11.0. The molecule has 0 bridgehead atoms. The molecule has 0 saturated carbocycles. The van der Waals surface area contributed by atoms with Crippen molar-refractivity contribution >= 4 is 23.6 Å². The molecule has 0 radical (unpaired) electrons. The second kappa shape index (κ2) is 7.40. The van der Waals surface area contributed by atoms with Crippen LogP contribution in [0.3, 0.4) is 0 Å². The third kappa shape index (κ3) is 6.50. The zero-order valence-corrected chi connectivity index (χ0v) is 8.55. The molecular weight excluding hydrogens is 204 g/mol. The summed E-state index contributed by atoms with van der Waals surface area (Å²) in [4.78, 5) is 21.3.